The minimum absolute atomic E-state index is 0.0194. The summed E-state index contributed by atoms with van der Waals surface area (Å²) in [5.74, 6) is -4.29. The number of aromatic amines is 1. The smallest absolute Gasteiger partial charge is 0.307 e. The van der Waals surface area contributed by atoms with Gasteiger partial charge in [-0.25, -0.2) is 33.2 Å². The van der Waals surface area contributed by atoms with Crippen LogP contribution in [0.4, 0.5) is 38.1 Å². The molecule has 4 rings (SSSR count). The Kier molecular flexibility index (Phi) is 5.91. The van der Waals surface area contributed by atoms with Crippen LogP contribution in [0.1, 0.15) is 0 Å². The Bertz CT molecular complexity index is 1390. The molecule has 2 amide bonds. The normalized spacial score (nSPS) is 11.5. The van der Waals surface area contributed by atoms with E-state index in [0.29, 0.717) is 10.8 Å². The van der Waals surface area contributed by atoms with Crippen LogP contribution in [-0.4, -0.2) is 35.2 Å². The molecule has 0 spiro atoms. The SMILES string of the molecule is CN(C(=O)Nc1ccc2[nH]c(-c3cscn3)[n+](OC(=O)C(F)(F)F)c2c1)c1ccc(F)cc1F. The Labute approximate surface area is 191 Å². The number of halogens is 5. The lowest BCUT2D eigenvalue weighted by Crippen LogP contribution is -2.51. The van der Waals surface area contributed by atoms with Crippen LogP contribution < -0.4 is 19.8 Å². The number of hydrogen-bond donors (Lipinski definition) is 2. The molecule has 0 radical (unpaired) electrons. The zero-order valence-corrected chi connectivity index (χ0v) is 17.8. The van der Waals surface area contributed by atoms with Crippen LogP contribution in [0.15, 0.2) is 47.3 Å². The van der Waals surface area contributed by atoms with Gasteiger partial charge in [0.05, 0.1) is 11.2 Å². The first kappa shape index (κ1) is 23.1. The summed E-state index contributed by atoms with van der Waals surface area (Å²) in [4.78, 5) is 36.4. The molecule has 0 saturated heterocycles. The first-order valence-corrected chi connectivity index (χ1v) is 10.2. The lowest BCUT2D eigenvalue weighted by Gasteiger charge is -2.18. The van der Waals surface area contributed by atoms with Crippen LogP contribution in [-0.2, 0) is 4.79 Å². The number of carbonyl (C=O) groups is 2. The molecule has 2 N–H and O–H groups in total. The molecule has 8 nitrogen and oxygen atoms in total. The molecule has 2 aromatic heterocycles. The van der Waals surface area contributed by atoms with Crippen LogP contribution in [0, 0.1) is 11.6 Å². The number of nitrogens with one attached hydrogen (secondary N) is 2. The van der Waals surface area contributed by atoms with Crippen molar-refractivity contribution in [2.45, 2.75) is 6.18 Å². The van der Waals surface area contributed by atoms with E-state index in [2.05, 4.69) is 20.1 Å². The van der Waals surface area contributed by atoms with E-state index >= 15 is 0 Å². The Morgan fingerprint density at radius 2 is 1.94 bits per heavy atom. The quantitative estimate of drug-likeness (QED) is 0.328. The standard InChI is InChI=1S/C20H12F5N5O3S/c1-29(15-5-2-10(21)6-12(15)22)19(32)27-11-3-4-13-16(7-11)30(33-18(31)20(23,24)25)17(28-13)14-8-34-9-26-14/h2-9H,1H3,(H,27,32)/p+1. The number of H-pyrrole nitrogens is 1. The van der Waals surface area contributed by atoms with Gasteiger partial charge in [-0.1, -0.05) is 0 Å². The summed E-state index contributed by atoms with van der Waals surface area (Å²) in [6.45, 7) is 0. The molecule has 34 heavy (non-hydrogen) atoms. The highest BCUT2D eigenvalue weighted by molar-refractivity contribution is 7.07. The fourth-order valence-corrected chi connectivity index (χ4v) is 3.52. The Balaban J connectivity index is 1.69. The highest BCUT2D eigenvalue weighted by atomic mass is 32.1. The van der Waals surface area contributed by atoms with Gasteiger partial charge in [-0.05, 0) is 29.0 Å². The first-order chi connectivity index (χ1) is 16.0. The second-order valence-corrected chi connectivity index (χ2v) is 7.55. The van der Waals surface area contributed by atoms with Gasteiger partial charge >= 0.3 is 24.0 Å². The van der Waals surface area contributed by atoms with Gasteiger partial charge in [-0.15, -0.1) is 11.3 Å². The van der Waals surface area contributed by atoms with Gasteiger partial charge < -0.3 is 5.32 Å². The molecule has 0 saturated carbocycles. The highest BCUT2D eigenvalue weighted by Gasteiger charge is 2.44. The molecular formula is C20H13F5N5O3S+. The first-order valence-electron chi connectivity index (χ1n) is 9.30. The second kappa shape index (κ2) is 8.70. The number of anilines is 2. The third-order valence-corrected chi connectivity index (χ3v) is 5.17. The molecule has 0 bridgehead atoms. The number of carbonyl (C=O) groups excluding carboxylic acids is 2. The van der Waals surface area contributed by atoms with E-state index in [1.165, 1.54) is 47.5 Å². The van der Waals surface area contributed by atoms with E-state index in [1.807, 2.05) is 0 Å². The van der Waals surface area contributed by atoms with Gasteiger partial charge in [0.25, 0.3) is 0 Å². The van der Waals surface area contributed by atoms with E-state index in [-0.39, 0.29) is 33.9 Å². The number of alkyl halides is 3. The lowest BCUT2D eigenvalue weighted by atomic mass is 10.2. The lowest BCUT2D eigenvalue weighted by molar-refractivity contribution is -0.841. The molecule has 2 aromatic carbocycles. The molecule has 0 fully saturated rings. The molecule has 4 aromatic rings. The van der Waals surface area contributed by atoms with Crippen molar-refractivity contribution < 1.29 is 41.1 Å². The number of amides is 2. The number of thiazole rings is 1. The van der Waals surface area contributed by atoms with Crippen LogP contribution in [0.25, 0.3) is 22.6 Å². The summed E-state index contributed by atoms with van der Waals surface area (Å²) in [5, 5.41) is 3.98. The van der Waals surface area contributed by atoms with Crippen LogP contribution in [0.3, 0.4) is 0 Å². The van der Waals surface area contributed by atoms with Crippen molar-refractivity contribution in [3.8, 4) is 11.5 Å². The Hall–Kier alpha value is -4.07. The summed E-state index contributed by atoms with van der Waals surface area (Å²) in [6, 6.07) is 5.94. The fraction of sp³-hybridized carbons (Fsp3) is 0.100. The summed E-state index contributed by atoms with van der Waals surface area (Å²) in [6.07, 6.45) is -5.26. The predicted molar refractivity (Wildman–Crippen MR) is 111 cm³/mol. The van der Waals surface area contributed by atoms with Crippen LogP contribution in [0.5, 0.6) is 0 Å². The van der Waals surface area contributed by atoms with Gasteiger partial charge in [-0.2, -0.15) is 13.2 Å². The molecule has 176 valence electrons. The van der Waals surface area contributed by atoms with E-state index in [1.54, 1.807) is 0 Å². The van der Waals surface area contributed by atoms with Gasteiger partial charge in [0, 0.05) is 30.2 Å². The molecule has 14 heteroatoms. The van der Waals surface area contributed by atoms with E-state index in [4.69, 9.17) is 0 Å². The van der Waals surface area contributed by atoms with Crippen LogP contribution in [0.2, 0.25) is 0 Å². The number of imidazole rings is 1. The van der Waals surface area contributed by atoms with Crippen molar-refractivity contribution in [1.82, 2.24) is 9.97 Å². The zero-order chi connectivity index (χ0) is 24.6. The summed E-state index contributed by atoms with van der Waals surface area (Å²) < 4.78 is 66.3. The maximum atomic E-state index is 14.0. The second-order valence-electron chi connectivity index (χ2n) is 6.84. The van der Waals surface area contributed by atoms with Crippen molar-refractivity contribution in [3.63, 3.8) is 0 Å². The minimum Gasteiger partial charge on any atom is -0.307 e. The molecule has 0 unspecified atom stereocenters. The van der Waals surface area contributed by atoms with Gasteiger partial charge in [0.2, 0.25) is 5.52 Å². The van der Waals surface area contributed by atoms with E-state index < -0.39 is 29.8 Å². The maximum absolute atomic E-state index is 14.0. The van der Waals surface area contributed by atoms with Crippen molar-refractivity contribution in [2.75, 3.05) is 17.3 Å². The monoisotopic (exact) mass is 498 g/mol. The third-order valence-electron chi connectivity index (χ3n) is 4.58. The van der Waals surface area contributed by atoms with E-state index in [9.17, 15) is 31.5 Å². The molecule has 0 atom stereocenters. The maximum Gasteiger partial charge on any atom is 0.495 e. The van der Waals surface area contributed by atoms with Crippen molar-refractivity contribution >= 4 is 45.7 Å². The number of benzene rings is 2. The average molecular weight is 498 g/mol. The molecular weight excluding hydrogens is 485 g/mol. The van der Waals surface area contributed by atoms with Crippen molar-refractivity contribution in [2.24, 2.45) is 0 Å². The highest BCUT2D eigenvalue weighted by Crippen LogP contribution is 2.24. The number of aromatic nitrogens is 3. The summed E-state index contributed by atoms with van der Waals surface area (Å²) >= 11 is 1.17. The minimum atomic E-state index is -5.26. The Morgan fingerprint density at radius 3 is 2.59 bits per heavy atom. The molecule has 0 aliphatic heterocycles. The van der Waals surface area contributed by atoms with Crippen LogP contribution >= 0.6 is 11.3 Å². The van der Waals surface area contributed by atoms with Gasteiger partial charge in [0.15, 0.2) is 11.2 Å². The van der Waals surface area contributed by atoms with Gasteiger partial charge in [0.1, 0.15) is 11.6 Å². The van der Waals surface area contributed by atoms with E-state index in [0.717, 1.165) is 17.0 Å². The Morgan fingerprint density at radius 1 is 1.18 bits per heavy atom. The topological polar surface area (TPSA) is 91.2 Å². The average Bonchev–Trinajstić information content (AvgIpc) is 3.41. The molecule has 0 aliphatic carbocycles. The number of nitrogens with zero attached hydrogens (tertiary/aromatic N) is 3. The number of rotatable bonds is 4. The summed E-state index contributed by atoms with van der Waals surface area (Å²) in [5.41, 5.74) is 1.79. The number of urea groups is 1. The fourth-order valence-electron chi connectivity index (χ4n) is 2.98. The summed E-state index contributed by atoms with van der Waals surface area (Å²) in [7, 11) is 1.24. The molecule has 0 aliphatic rings. The van der Waals surface area contributed by atoms with Crippen molar-refractivity contribution in [3.05, 3.63) is 58.9 Å². The largest absolute Gasteiger partial charge is 0.495 e. The molecule has 2 heterocycles. The number of hydrogen-bond acceptors (Lipinski definition) is 5. The predicted octanol–water partition coefficient (Wildman–Crippen LogP) is 4.04. The van der Waals surface area contributed by atoms with Gasteiger partial charge in [-0.3, -0.25) is 4.90 Å². The van der Waals surface area contributed by atoms with Crippen molar-refractivity contribution in [1.29, 1.82) is 0 Å². The third kappa shape index (κ3) is 4.52. The number of fused-ring (bicyclic) bond motifs is 1. The zero-order valence-electron chi connectivity index (χ0n) is 17.0.